The molecule has 0 amide bonds. The van der Waals surface area contributed by atoms with E-state index in [1.54, 1.807) is 13.3 Å². The number of pyridine rings is 1. The van der Waals surface area contributed by atoms with Crippen molar-refractivity contribution in [1.29, 1.82) is 0 Å². The first-order valence-corrected chi connectivity index (χ1v) is 7.29. The van der Waals surface area contributed by atoms with Gasteiger partial charge in [0, 0.05) is 34.1 Å². The van der Waals surface area contributed by atoms with Gasteiger partial charge >= 0.3 is 0 Å². The summed E-state index contributed by atoms with van der Waals surface area (Å²) in [5.74, 6) is 2.66. The van der Waals surface area contributed by atoms with Crippen molar-refractivity contribution in [3.8, 4) is 0 Å². The lowest BCUT2D eigenvalue weighted by Gasteiger charge is -2.14. The molecule has 6 nitrogen and oxygen atoms in total. The highest BCUT2D eigenvalue weighted by atomic mass is 127. The van der Waals surface area contributed by atoms with Gasteiger partial charge in [0.15, 0.2) is 5.96 Å². The lowest BCUT2D eigenvalue weighted by Crippen LogP contribution is -2.38. The molecule has 0 aromatic carbocycles. The Balaban J connectivity index is 0.00000264. The van der Waals surface area contributed by atoms with Crippen LogP contribution in [0.5, 0.6) is 0 Å². The summed E-state index contributed by atoms with van der Waals surface area (Å²) in [7, 11) is 5.72. The zero-order valence-electron chi connectivity index (χ0n) is 13.7. The standard InChI is InChI=1S/C16H23N5O.HI/c1-17-16(18-10-9-14-7-5-11-22-14)19-12-13-6-4-8-15(20-13)21(2)3;/h4-8,11H,9-10,12H2,1-3H3,(H2,17,18,19);1H. The third-order valence-electron chi connectivity index (χ3n) is 3.15. The topological polar surface area (TPSA) is 65.7 Å². The molecule has 2 rings (SSSR count). The van der Waals surface area contributed by atoms with E-state index < -0.39 is 0 Å². The lowest BCUT2D eigenvalue weighted by molar-refractivity contribution is 0.506. The summed E-state index contributed by atoms with van der Waals surface area (Å²) in [4.78, 5) is 10.8. The van der Waals surface area contributed by atoms with Crippen molar-refractivity contribution in [2.75, 3.05) is 32.6 Å². The molecule has 23 heavy (non-hydrogen) atoms. The highest BCUT2D eigenvalue weighted by molar-refractivity contribution is 14.0. The molecule has 2 aromatic rings. The third kappa shape index (κ3) is 6.47. The van der Waals surface area contributed by atoms with Gasteiger partial charge in [0.1, 0.15) is 11.6 Å². The van der Waals surface area contributed by atoms with Crippen LogP contribution in [0.2, 0.25) is 0 Å². The lowest BCUT2D eigenvalue weighted by atomic mass is 10.3. The van der Waals surface area contributed by atoms with Crippen LogP contribution in [-0.2, 0) is 13.0 Å². The Morgan fingerprint density at radius 2 is 2.04 bits per heavy atom. The van der Waals surface area contributed by atoms with Gasteiger partial charge in [-0.1, -0.05) is 6.07 Å². The summed E-state index contributed by atoms with van der Waals surface area (Å²) in [6, 6.07) is 9.85. The van der Waals surface area contributed by atoms with Gasteiger partial charge in [-0.2, -0.15) is 0 Å². The third-order valence-corrected chi connectivity index (χ3v) is 3.15. The van der Waals surface area contributed by atoms with Crippen molar-refractivity contribution in [2.45, 2.75) is 13.0 Å². The Kier molecular flexibility index (Phi) is 8.46. The number of aliphatic imine (C=N–C) groups is 1. The Morgan fingerprint density at radius 3 is 2.70 bits per heavy atom. The van der Waals surface area contributed by atoms with Crippen LogP contribution in [0.1, 0.15) is 11.5 Å². The van der Waals surface area contributed by atoms with Crippen molar-refractivity contribution in [3.63, 3.8) is 0 Å². The molecule has 0 bridgehead atoms. The van der Waals surface area contributed by atoms with Crippen LogP contribution in [0.15, 0.2) is 46.0 Å². The Hall–Kier alpha value is -1.77. The second-order valence-electron chi connectivity index (χ2n) is 5.06. The molecule has 126 valence electrons. The number of aromatic nitrogens is 1. The molecule has 0 aliphatic rings. The second kappa shape index (κ2) is 10.1. The Morgan fingerprint density at radius 1 is 1.22 bits per heavy atom. The minimum atomic E-state index is 0. The first-order valence-electron chi connectivity index (χ1n) is 7.29. The second-order valence-corrected chi connectivity index (χ2v) is 5.06. The molecule has 0 fully saturated rings. The Bertz CT molecular complexity index is 598. The number of hydrogen-bond acceptors (Lipinski definition) is 4. The molecule has 0 unspecified atom stereocenters. The summed E-state index contributed by atoms with van der Waals surface area (Å²) in [6.07, 6.45) is 2.51. The van der Waals surface area contributed by atoms with Gasteiger partial charge in [-0.05, 0) is 24.3 Å². The molecule has 0 saturated carbocycles. The smallest absolute Gasteiger partial charge is 0.191 e. The quantitative estimate of drug-likeness (QED) is 0.419. The predicted octanol–water partition coefficient (Wildman–Crippen LogP) is 2.27. The van der Waals surface area contributed by atoms with Gasteiger partial charge in [-0.3, -0.25) is 4.99 Å². The number of guanidine groups is 1. The van der Waals surface area contributed by atoms with E-state index in [9.17, 15) is 0 Å². The number of rotatable bonds is 6. The summed E-state index contributed by atoms with van der Waals surface area (Å²) < 4.78 is 5.30. The average Bonchev–Trinajstić information content (AvgIpc) is 3.04. The van der Waals surface area contributed by atoms with Crippen LogP contribution in [0.4, 0.5) is 5.82 Å². The zero-order chi connectivity index (χ0) is 15.8. The number of halogens is 1. The molecule has 0 aliphatic carbocycles. The summed E-state index contributed by atoms with van der Waals surface area (Å²) in [6.45, 7) is 1.39. The van der Waals surface area contributed by atoms with E-state index in [2.05, 4.69) is 20.6 Å². The summed E-state index contributed by atoms with van der Waals surface area (Å²) in [5, 5.41) is 6.52. The zero-order valence-corrected chi connectivity index (χ0v) is 16.1. The van der Waals surface area contributed by atoms with Crippen LogP contribution in [0.25, 0.3) is 0 Å². The van der Waals surface area contributed by atoms with E-state index in [0.29, 0.717) is 6.54 Å². The number of furan rings is 1. The van der Waals surface area contributed by atoms with Crippen LogP contribution in [0.3, 0.4) is 0 Å². The first-order chi connectivity index (χ1) is 10.7. The minimum Gasteiger partial charge on any atom is -0.469 e. The van der Waals surface area contributed by atoms with E-state index in [1.165, 1.54) is 0 Å². The summed E-state index contributed by atoms with van der Waals surface area (Å²) in [5.41, 5.74) is 0.972. The van der Waals surface area contributed by atoms with E-state index in [4.69, 9.17) is 4.42 Å². The van der Waals surface area contributed by atoms with Crippen LogP contribution >= 0.6 is 24.0 Å². The normalized spacial score (nSPS) is 10.8. The molecule has 2 heterocycles. The number of hydrogen-bond donors (Lipinski definition) is 2. The molecule has 2 N–H and O–H groups in total. The van der Waals surface area contributed by atoms with Gasteiger partial charge in [0.05, 0.1) is 18.5 Å². The van der Waals surface area contributed by atoms with Crippen molar-refractivity contribution in [2.24, 2.45) is 4.99 Å². The molecular weight excluding hydrogens is 405 g/mol. The maximum atomic E-state index is 5.30. The fourth-order valence-corrected chi connectivity index (χ4v) is 1.97. The van der Waals surface area contributed by atoms with Gasteiger partial charge in [0.2, 0.25) is 0 Å². The van der Waals surface area contributed by atoms with Gasteiger partial charge in [-0.15, -0.1) is 24.0 Å². The van der Waals surface area contributed by atoms with E-state index >= 15 is 0 Å². The van der Waals surface area contributed by atoms with Crippen molar-refractivity contribution in [1.82, 2.24) is 15.6 Å². The molecule has 0 radical (unpaired) electrons. The van der Waals surface area contributed by atoms with Crippen LogP contribution in [-0.4, -0.2) is 38.6 Å². The first kappa shape index (κ1) is 19.3. The predicted molar refractivity (Wildman–Crippen MR) is 105 cm³/mol. The largest absolute Gasteiger partial charge is 0.469 e. The molecule has 0 spiro atoms. The van der Waals surface area contributed by atoms with Gasteiger partial charge < -0.3 is 20.0 Å². The Labute approximate surface area is 154 Å². The maximum absolute atomic E-state index is 5.30. The molecular formula is C16H24IN5O. The van der Waals surface area contributed by atoms with Crippen molar-refractivity contribution >= 4 is 35.8 Å². The SMILES string of the molecule is CN=C(NCCc1ccco1)NCc1cccc(N(C)C)n1.I. The van der Waals surface area contributed by atoms with Crippen molar-refractivity contribution < 1.29 is 4.42 Å². The average molecular weight is 429 g/mol. The van der Waals surface area contributed by atoms with Gasteiger partial charge in [-0.25, -0.2) is 4.98 Å². The minimum absolute atomic E-state index is 0. The number of nitrogens with zero attached hydrogens (tertiary/aromatic N) is 3. The molecule has 7 heteroatoms. The summed E-state index contributed by atoms with van der Waals surface area (Å²) >= 11 is 0. The van der Waals surface area contributed by atoms with Gasteiger partial charge in [0.25, 0.3) is 0 Å². The molecule has 2 aromatic heterocycles. The maximum Gasteiger partial charge on any atom is 0.191 e. The fourth-order valence-electron chi connectivity index (χ4n) is 1.97. The van der Waals surface area contributed by atoms with Crippen LogP contribution in [0, 0.1) is 0 Å². The highest BCUT2D eigenvalue weighted by Crippen LogP contribution is 2.07. The van der Waals surface area contributed by atoms with Crippen LogP contribution < -0.4 is 15.5 Å². The van der Waals surface area contributed by atoms with E-state index in [0.717, 1.165) is 36.2 Å². The highest BCUT2D eigenvalue weighted by Gasteiger charge is 2.02. The van der Waals surface area contributed by atoms with E-state index in [-0.39, 0.29) is 24.0 Å². The van der Waals surface area contributed by atoms with E-state index in [1.807, 2.05) is 49.3 Å². The molecule has 0 aliphatic heterocycles. The fraction of sp³-hybridized carbons (Fsp3) is 0.375. The molecule has 0 atom stereocenters. The number of nitrogens with one attached hydrogen (secondary N) is 2. The monoisotopic (exact) mass is 429 g/mol. The number of anilines is 1. The molecule has 0 saturated heterocycles. The van der Waals surface area contributed by atoms with Crippen molar-refractivity contribution in [3.05, 3.63) is 48.0 Å².